The van der Waals surface area contributed by atoms with Crippen LogP contribution in [0.3, 0.4) is 0 Å². The van der Waals surface area contributed by atoms with E-state index in [2.05, 4.69) is 6.07 Å². The molecule has 2 aromatic rings. The minimum atomic E-state index is -0.129. The Morgan fingerprint density at radius 2 is 1.70 bits per heavy atom. The summed E-state index contributed by atoms with van der Waals surface area (Å²) in [4.78, 5) is 15.6. The topological polar surface area (TPSA) is 48.0 Å². The number of methoxy groups -OCH3 is 3. The third-order valence-electron chi connectivity index (χ3n) is 3.63. The van der Waals surface area contributed by atoms with Crippen molar-refractivity contribution in [1.82, 2.24) is 4.90 Å². The summed E-state index contributed by atoms with van der Waals surface area (Å²) in [7, 11) is 6.39. The monoisotopic (exact) mass is 335 g/mol. The maximum Gasteiger partial charge on any atom is 0.257 e. The summed E-state index contributed by atoms with van der Waals surface area (Å²) in [6, 6.07) is 5.36. The number of benzene rings is 1. The van der Waals surface area contributed by atoms with Crippen molar-refractivity contribution >= 4 is 17.2 Å². The van der Waals surface area contributed by atoms with Crippen LogP contribution in [-0.2, 0) is 6.54 Å². The quantitative estimate of drug-likeness (QED) is 0.812. The second kappa shape index (κ2) is 7.37. The lowest BCUT2D eigenvalue weighted by atomic mass is 10.1. The standard InChI is InChI=1S/C17H21NO4S/c1-11-6-7-23-16(11)10-18(2)17(19)12-8-14(21-4)15(22-5)9-13(12)20-3/h6-9H,10H2,1-5H3. The van der Waals surface area contributed by atoms with Crippen LogP contribution in [0.1, 0.15) is 20.8 Å². The highest BCUT2D eigenvalue weighted by molar-refractivity contribution is 7.10. The van der Waals surface area contributed by atoms with Crippen LogP contribution in [-0.4, -0.2) is 39.2 Å². The first kappa shape index (κ1) is 17.1. The molecule has 0 aliphatic heterocycles. The fourth-order valence-electron chi connectivity index (χ4n) is 2.26. The summed E-state index contributed by atoms with van der Waals surface area (Å²) in [5.74, 6) is 1.35. The first-order valence-electron chi connectivity index (χ1n) is 7.10. The van der Waals surface area contributed by atoms with Gasteiger partial charge in [-0.05, 0) is 23.9 Å². The van der Waals surface area contributed by atoms with Crippen molar-refractivity contribution in [1.29, 1.82) is 0 Å². The first-order chi connectivity index (χ1) is 11.0. The zero-order valence-corrected chi connectivity index (χ0v) is 14.8. The van der Waals surface area contributed by atoms with Crippen molar-refractivity contribution < 1.29 is 19.0 Å². The van der Waals surface area contributed by atoms with Crippen molar-refractivity contribution in [3.63, 3.8) is 0 Å². The van der Waals surface area contributed by atoms with Gasteiger partial charge in [0.25, 0.3) is 5.91 Å². The van der Waals surface area contributed by atoms with Gasteiger partial charge in [-0.1, -0.05) is 0 Å². The Bertz CT molecular complexity index is 696. The molecule has 0 aliphatic rings. The summed E-state index contributed by atoms with van der Waals surface area (Å²) < 4.78 is 15.9. The molecule has 0 atom stereocenters. The van der Waals surface area contributed by atoms with E-state index in [1.54, 1.807) is 42.5 Å². The molecule has 6 heteroatoms. The van der Waals surface area contributed by atoms with Gasteiger partial charge >= 0.3 is 0 Å². The molecule has 0 N–H and O–H groups in total. The lowest BCUT2D eigenvalue weighted by Gasteiger charge is -2.20. The van der Waals surface area contributed by atoms with Gasteiger partial charge in [0.15, 0.2) is 11.5 Å². The van der Waals surface area contributed by atoms with Crippen LogP contribution >= 0.6 is 11.3 Å². The summed E-state index contributed by atoms with van der Waals surface area (Å²) in [5, 5.41) is 2.03. The summed E-state index contributed by atoms with van der Waals surface area (Å²) in [6.07, 6.45) is 0. The predicted octanol–water partition coefficient (Wildman–Crippen LogP) is 3.35. The van der Waals surface area contributed by atoms with Gasteiger partial charge in [-0.25, -0.2) is 0 Å². The molecule has 23 heavy (non-hydrogen) atoms. The number of carbonyl (C=O) groups excluding carboxylic acids is 1. The molecular formula is C17H21NO4S. The number of rotatable bonds is 6. The molecule has 5 nitrogen and oxygen atoms in total. The van der Waals surface area contributed by atoms with Crippen LogP contribution in [0.15, 0.2) is 23.6 Å². The molecule has 0 fully saturated rings. The van der Waals surface area contributed by atoms with E-state index in [0.717, 1.165) is 0 Å². The second-order valence-corrected chi connectivity index (χ2v) is 6.10. The third kappa shape index (κ3) is 3.59. The summed E-state index contributed by atoms with van der Waals surface area (Å²) >= 11 is 1.64. The minimum Gasteiger partial charge on any atom is -0.496 e. The number of amides is 1. The lowest BCUT2D eigenvalue weighted by molar-refractivity contribution is 0.0782. The Labute approximate surface area is 140 Å². The number of carbonyl (C=O) groups is 1. The fraction of sp³-hybridized carbons (Fsp3) is 0.353. The Hall–Kier alpha value is -2.21. The van der Waals surface area contributed by atoms with E-state index < -0.39 is 0 Å². The van der Waals surface area contributed by atoms with Gasteiger partial charge in [-0.3, -0.25) is 4.79 Å². The Morgan fingerprint density at radius 3 is 2.22 bits per heavy atom. The molecule has 0 unspecified atom stereocenters. The summed E-state index contributed by atoms with van der Waals surface area (Å²) in [6.45, 7) is 2.60. The van der Waals surface area contributed by atoms with Gasteiger partial charge in [0.2, 0.25) is 0 Å². The molecule has 2 rings (SSSR count). The number of thiophene rings is 1. The van der Waals surface area contributed by atoms with Gasteiger partial charge < -0.3 is 19.1 Å². The van der Waals surface area contributed by atoms with Crippen LogP contribution < -0.4 is 14.2 Å². The van der Waals surface area contributed by atoms with Gasteiger partial charge in [0.1, 0.15) is 5.75 Å². The average Bonchev–Trinajstić information content (AvgIpc) is 2.97. The fourth-order valence-corrected chi connectivity index (χ4v) is 3.21. The van der Waals surface area contributed by atoms with Gasteiger partial charge in [0.05, 0.1) is 33.4 Å². The van der Waals surface area contributed by atoms with E-state index in [9.17, 15) is 4.79 Å². The molecule has 124 valence electrons. The number of aryl methyl sites for hydroxylation is 1. The molecule has 1 heterocycles. The SMILES string of the molecule is COc1cc(OC)c(C(=O)N(C)Cc2sccc2C)cc1OC. The number of hydrogen-bond donors (Lipinski definition) is 0. The average molecular weight is 335 g/mol. The van der Waals surface area contributed by atoms with Crippen molar-refractivity contribution in [2.24, 2.45) is 0 Å². The van der Waals surface area contributed by atoms with Crippen LogP contribution in [0.5, 0.6) is 17.2 Å². The molecule has 0 bridgehead atoms. The van der Waals surface area contributed by atoms with Crippen LogP contribution in [0.4, 0.5) is 0 Å². The third-order valence-corrected chi connectivity index (χ3v) is 4.64. The molecule has 1 aromatic heterocycles. The highest BCUT2D eigenvalue weighted by atomic mass is 32.1. The van der Waals surface area contributed by atoms with E-state index in [-0.39, 0.29) is 5.91 Å². The maximum absolute atomic E-state index is 12.8. The van der Waals surface area contributed by atoms with Gasteiger partial charge in [0, 0.05) is 24.1 Å². The number of ether oxygens (including phenoxy) is 3. The molecule has 1 amide bonds. The van der Waals surface area contributed by atoms with Crippen molar-refractivity contribution in [3.8, 4) is 17.2 Å². The molecule has 0 saturated carbocycles. The first-order valence-corrected chi connectivity index (χ1v) is 7.98. The second-order valence-electron chi connectivity index (χ2n) is 5.10. The molecule has 0 radical (unpaired) electrons. The highest BCUT2D eigenvalue weighted by Gasteiger charge is 2.21. The lowest BCUT2D eigenvalue weighted by Crippen LogP contribution is -2.26. The zero-order valence-electron chi connectivity index (χ0n) is 14.0. The van der Waals surface area contributed by atoms with E-state index in [1.165, 1.54) is 24.7 Å². The zero-order chi connectivity index (χ0) is 17.0. The van der Waals surface area contributed by atoms with Gasteiger partial charge in [-0.15, -0.1) is 11.3 Å². The molecule has 0 saturated heterocycles. The summed E-state index contributed by atoms with van der Waals surface area (Å²) in [5.41, 5.74) is 1.63. The molecule has 1 aromatic carbocycles. The number of hydrogen-bond acceptors (Lipinski definition) is 5. The Balaban J connectivity index is 2.32. The van der Waals surface area contributed by atoms with Crippen molar-refractivity contribution in [2.45, 2.75) is 13.5 Å². The van der Waals surface area contributed by atoms with E-state index >= 15 is 0 Å². The van der Waals surface area contributed by atoms with Crippen molar-refractivity contribution in [3.05, 3.63) is 39.6 Å². The predicted molar refractivity (Wildman–Crippen MR) is 91.0 cm³/mol. The van der Waals surface area contributed by atoms with E-state index in [1.807, 2.05) is 12.3 Å². The van der Waals surface area contributed by atoms with Crippen molar-refractivity contribution in [2.75, 3.05) is 28.4 Å². The normalized spacial score (nSPS) is 10.3. The highest BCUT2D eigenvalue weighted by Crippen LogP contribution is 2.35. The largest absolute Gasteiger partial charge is 0.496 e. The number of nitrogens with zero attached hydrogens (tertiary/aromatic N) is 1. The van der Waals surface area contributed by atoms with E-state index in [4.69, 9.17) is 14.2 Å². The van der Waals surface area contributed by atoms with Crippen LogP contribution in [0.25, 0.3) is 0 Å². The molecular weight excluding hydrogens is 314 g/mol. The molecule has 0 aliphatic carbocycles. The van der Waals surface area contributed by atoms with Crippen LogP contribution in [0.2, 0.25) is 0 Å². The van der Waals surface area contributed by atoms with Crippen LogP contribution in [0, 0.1) is 6.92 Å². The maximum atomic E-state index is 12.8. The molecule has 0 spiro atoms. The van der Waals surface area contributed by atoms with E-state index in [0.29, 0.717) is 29.4 Å². The minimum absolute atomic E-state index is 0.129. The smallest absolute Gasteiger partial charge is 0.257 e. The Kier molecular flexibility index (Phi) is 5.50. The van der Waals surface area contributed by atoms with Gasteiger partial charge in [-0.2, -0.15) is 0 Å². The Morgan fingerprint density at radius 1 is 1.09 bits per heavy atom.